The van der Waals surface area contributed by atoms with E-state index in [9.17, 15) is 0 Å². The molecule has 101 heavy (non-hydrogen) atoms. The molecule has 16 nitrogen and oxygen atoms in total. The molecule has 4 aromatic rings. The quantitative estimate of drug-likeness (QED) is 0.0144. The van der Waals surface area contributed by atoms with E-state index in [0.717, 1.165) is 77.0 Å². The van der Waals surface area contributed by atoms with Gasteiger partial charge in [-0.15, -0.1) is 0 Å². The van der Waals surface area contributed by atoms with E-state index in [1.807, 2.05) is 0 Å². The van der Waals surface area contributed by atoms with Gasteiger partial charge in [0.15, 0.2) is 0 Å². The molecule has 0 aromatic heterocycles. The van der Waals surface area contributed by atoms with Gasteiger partial charge in [-0.1, -0.05) is 121 Å². The summed E-state index contributed by atoms with van der Waals surface area (Å²) in [5.74, 6) is 0. The Labute approximate surface area is 616 Å². The minimum Gasteiger partial charge on any atom is -0.0622 e. The SMILES string of the molecule is OCC(CO)(CO)CO.O[PH](O)(O)CCCCCCCCCCCCCc1ccccc1.O[PH](O)(O)CCCCCCCCCCCCCc1ccccc1.O[PH](O)(O)CCCCCCCCCCCCCc1ccccc1.O[PH](O)(O)CCCCCCCCCCCCCc1ccccc1. The molecule has 4 rings (SSSR count). The van der Waals surface area contributed by atoms with Crippen LogP contribution in [0.3, 0.4) is 0 Å². The van der Waals surface area contributed by atoms with Gasteiger partial charge in [-0.05, 0) is 47.9 Å². The van der Waals surface area contributed by atoms with Gasteiger partial charge in [-0.2, -0.15) is 0 Å². The summed E-state index contributed by atoms with van der Waals surface area (Å²) >= 11 is 0. The molecule has 16 N–H and O–H groups in total. The first kappa shape index (κ1) is 99.0. The second kappa shape index (κ2) is 68.5. The van der Waals surface area contributed by atoms with Gasteiger partial charge in [-0.3, -0.25) is 0 Å². The number of rotatable bonds is 60. The first-order valence-electron chi connectivity index (χ1n) is 39.8. The Balaban J connectivity index is 0.00000127. The molecule has 0 spiro atoms. The minimum atomic E-state index is -3.78. The summed E-state index contributed by atoms with van der Waals surface area (Å²) in [4.78, 5) is 107. The Morgan fingerprint density at radius 3 is 0.396 bits per heavy atom. The van der Waals surface area contributed by atoms with Crippen LogP contribution in [0.25, 0.3) is 0 Å². The Bertz CT molecular complexity index is 1970. The molecule has 0 saturated heterocycles. The monoisotopic (exact) mass is 1510 g/mol. The van der Waals surface area contributed by atoms with Crippen LogP contribution in [0.2, 0.25) is 0 Å². The summed E-state index contributed by atoms with van der Waals surface area (Å²) in [7, 11) is -15.1. The summed E-state index contributed by atoms with van der Waals surface area (Å²) in [5.41, 5.74) is 4.71. The summed E-state index contributed by atoms with van der Waals surface area (Å²) in [6.45, 7) is -1.62. The fraction of sp³-hybridized carbons (Fsp3) is 0.704. The van der Waals surface area contributed by atoms with Gasteiger partial charge in [0.05, 0.1) is 31.8 Å². The summed E-state index contributed by atoms with van der Waals surface area (Å²) in [6.07, 6.45) is 59.1. The van der Waals surface area contributed by atoms with Crippen LogP contribution in [-0.4, -0.2) is 130 Å². The number of aliphatic hydroxyl groups is 4. The molecule has 0 aliphatic carbocycles. The van der Waals surface area contributed by atoms with Crippen molar-refractivity contribution >= 4 is 31.8 Å². The molecule has 0 bridgehead atoms. The first-order chi connectivity index (χ1) is 48.6. The molecule has 0 amide bonds. The molecule has 0 radical (unpaired) electrons. The van der Waals surface area contributed by atoms with E-state index in [1.54, 1.807) is 0 Å². The van der Waals surface area contributed by atoms with Crippen molar-refractivity contribution < 1.29 is 79.1 Å². The first-order valence-corrected chi connectivity index (χ1v) is 48.0. The van der Waals surface area contributed by atoms with Crippen molar-refractivity contribution in [2.75, 3.05) is 51.1 Å². The average Bonchev–Trinajstić information content (AvgIpc) is 1.29. The van der Waals surface area contributed by atoms with Gasteiger partial charge in [-0.25, -0.2) is 0 Å². The van der Waals surface area contributed by atoms with E-state index in [1.165, 1.54) is 253 Å². The van der Waals surface area contributed by atoms with E-state index < -0.39 is 63.6 Å². The molecule has 4 aromatic carbocycles. The second-order valence-corrected chi connectivity index (χ2v) is 36.9. The number of hydrogen-bond donors (Lipinski definition) is 16. The molecule has 0 heterocycles. The fourth-order valence-corrected chi connectivity index (χ4v) is 14.9. The maximum absolute atomic E-state index is 8.89. The fourth-order valence-electron chi connectivity index (χ4n) is 12.0. The molecule has 0 aliphatic rings. The third-order valence-electron chi connectivity index (χ3n) is 18.6. The van der Waals surface area contributed by atoms with Crippen molar-refractivity contribution in [1.29, 1.82) is 0 Å². The van der Waals surface area contributed by atoms with Crippen molar-refractivity contribution in [2.24, 2.45) is 5.41 Å². The third kappa shape index (κ3) is 74.6. The van der Waals surface area contributed by atoms with Crippen LogP contribution in [0.15, 0.2) is 121 Å². The van der Waals surface area contributed by atoms with Crippen molar-refractivity contribution in [1.82, 2.24) is 0 Å². The summed E-state index contributed by atoms with van der Waals surface area (Å²) in [6, 6.07) is 42.9. The number of aliphatic hydroxyl groups excluding tert-OH is 4. The zero-order valence-electron chi connectivity index (χ0n) is 62.8. The van der Waals surface area contributed by atoms with E-state index in [4.69, 9.17) is 79.1 Å². The van der Waals surface area contributed by atoms with E-state index >= 15 is 0 Å². The number of hydrogen-bond acceptors (Lipinski definition) is 16. The Morgan fingerprint density at radius 1 is 0.168 bits per heavy atom. The van der Waals surface area contributed by atoms with Gasteiger partial charge in [0, 0.05) is 0 Å². The zero-order chi connectivity index (χ0) is 74.5. The molecule has 0 saturated carbocycles. The predicted octanol–water partition coefficient (Wildman–Crippen LogP) is 17.9. The van der Waals surface area contributed by atoms with Crippen LogP contribution >= 0.6 is 31.8 Å². The van der Waals surface area contributed by atoms with Gasteiger partial charge in [0.1, 0.15) is 0 Å². The topological polar surface area (TPSA) is 324 Å². The number of benzene rings is 4. The molecule has 592 valence electrons. The van der Waals surface area contributed by atoms with Crippen LogP contribution < -0.4 is 0 Å². The van der Waals surface area contributed by atoms with Crippen molar-refractivity contribution in [3.05, 3.63) is 144 Å². The molecule has 0 fully saturated rings. The van der Waals surface area contributed by atoms with E-state index in [-0.39, 0.29) is 24.6 Å². The van der Waals surface area contributed by atoms with Gasteiger partial charge in [0.2, 0.25) is 0 Å². The van der Waals surface area contributed by atoms with Crippen LogP contribution in [0.4, 0.5) is 0 Å². The number of aryl methyl sites for hydroxylation is 4. The third-order valence-corrected chi connectivity index (χ3v) is 22.7. The second-order valence-electron chi connectivity index (χ2n) is 28.7. The normalized spacial score (nSPS) is 12.4. The zero-order valence-corrected chi connectivity index (χ0v) is 66.8. The van der Waals surface area contributed by atoms with Crippen molar-refractivity contribution in [3.8, 4) is 0 Å². The molecular formula is C81H152O16P4. The standard InChI is InChI=1S/4C19H35O3P.C5H12O4/c4*20-23(21,22)18-14-9-7-5-3-1-2-4-6-8-11-15-19-16-12-10-13-17-19;6-1-5(2-7,3-8)4-9/h4*10,12-13,16-17,20-23H,1-9,11,14-15,18H2;6-9H,1-4H2. The molecule has 0 unspecified atom stereocenters. The maximum atomic E-state index is 8.89. The Kier molecular flexibility index (Phi) is 67.1. The van der Waals surface area contributed by atoms with Crippen molar-refractivity contribution in [2.45, 2.75) is 308 Å². The number of unbranched alkanes of at least 4 members (excludes halogenated alkanes) is 40. The molecule has 0 aliphatic heterocycles. The van der Waals surface area contributed by atoms with Crippen LogP contribution in [0.5, 0.6) is 0 Å². The van der Waals surface area contributed by atoms with Crippen LogP contribution in [0.1, 0.15) is 305 Å². The Hall–Kier alpha value is -2.04. The molecule has 0 atom stereocenters. The average molecular weight is 1510 g/mol. The van der Waals surface area contributed by atoms with E-state index in [0.29, 0.717) is 0 Å². The summed E-state index contributed by atoms with van der Waals surface area (Å²) < 4.78 is 0. The van der Waals surface area contributed by atoms with Crippen molar-refractivity contribution in [3.63, 3.8) is 0 Å². The smallest absolute Gasteiger partial charge is 0.0622 e. The molecule has 20 heteroatoms. The summed E-state index contributed by atoms with van der Waals surface area (Å²) in [5, 5.41) is 34.0. The predicted molar refractivity (Wildman–Crippen MR) is 434 cm³/mol. The van der Waals surface area contributed by atoms with E-state index in [2.05, 4.69) is 121 Å². The van der Waals surface area contributed by atoms with Gasteiger partial charge >= 0.3 is 398 Å². The molecular weight excluding hydrogens is 1350 g/mol. The van der Waals surface area contributed by atoms with Crippen LogP contribution in [0, 0.1) is 5.41 Å². The van der Waals surface area contributed by atoms with Gasteiger partial charge in [0.25, 0.3) is 0 Å². The van der Waals surface area contributed by atoms with Gasteiger partial charge < -0.3 is 20.4 Å². The minimum absolute atomic E-state index is 0.190. The Morgan fingerprint density at radius 2 is 0.287 bits per heavy atom. The van der Waals surface area contributed by atoms with Crippen LogP contribution in [-0.2, 0) is 25.7 Å².